The maximum absolute atomic E-state index is 5.98. The van der Waals surface area contributed by atoms with Crippen LogP contribution < -0.4 is 0 Å². The molecule has 0 aliphatic carbocycles. The summed E-state index contributed by atoms with van der Waals surface area (Å²) >= 11 is 14.1. The van der Waals surface area contributed by atoms with Gasteiger partial charge in [-0.1, -0.05) is 24.9 Å². The molecule has 0 aliphatic rings. The molecule has 1 aromatic heterocycles. The van der Waals surface area contributed by atoms with Gasteiger partial charge in [-0.15, -0.1) is 11.6 Å². The molecule has 0 saturated carbocycles. The molecule has 5 heteroatoms. The third-order valence-electron chi connectivity index (χ3n) is 1.74. The molecule has 0 saturated heterocycles. The molecule has 0 radical (unpaired) electrons. The molecular weight excluding hydrogens is 334 g/mol. The standard InChI is InChI=1S/C9H11Cl2IN2/c1-3-4-6-7(12)8(11)14-9(13-6)5(2)10/h5H,3-4H2,1-2H3. The van der Waals surface area contributed by atoms with E-state index in [1.165, 1.54) is 0 Å². The van der Waals surface area contributed by atoms with Crippen LogP contribution in [0, 0.1) is 3.57 Å². The first-order valence-corrected chi connectivity index (χ1v) is 6.31. The van der Waals surface area contributed by atoms with E-state index < -0.39 is 0 Å². The van der Waals surface area contributed by atoms with Crippen LogP contribution in [-0.2, 0) is 6.42 Å². The summed E-state index contributed by atoms with van der Waals surface area (Å²) in [6.45, 7) is 3.95. The Morgan fingerprint density at radius 3 is 2.57 bits per heavy atom. The lowest BCUT2D eigenvalue weighted by Crippen LogP contribution is -2.04. The van der Waals surface area contributed by atoms with Crippen molar-refractivity contribution in [3.05, 3.63) is 20.2 Å². The van der Waals surface area contributed by atoms with E-state index in [-0.39, 0.29) is 5.38 Å². The van der Waals surface area contributed by atoms with Gasteiger partial charge in [0.1, 0.15) is 11.0 Å². The molecule has 0 amide bonds. The molecule has 0 N–H and O–H groups in total. The van der Waals surface area contributed by atoms with Crippen molar-refractivity contribution in [2.45, 2.75) is 32.1 Å². The molecule has 0 aromatic carbocycles. The van der Waals surface area contributed by atoms with Crippen molar-refractivity contribution in [1.29, 1.82) is 0 Å². The van der Waals surface area contributed by atoms with Crippen molar-refractivity contribution in [3.63, 3.8) is 0 Å². The van der Waals surface area contributed by atoms with E-state index in [2.05, 4.69) is 39.5 Å². The zero-order valence-corrected chi connectivity index (χ0v) is 11.7. The van der Waals surface area contributed by atoms with Gasteiger partial charge in [-0.05, 0) is 35.9 Å². The Balaban J connectivity index is 3.14. The van der Waals surface area contributed by atoms with Crippen LogP contribution in [0.1, 0.15) is 37.2 Å². The topological polar surface area (TPSA) is 25.8 Å². The quantitative estimate of drug-likeness (QED) is 0.470. The second-order valence-electron chi connectivity index (χ2n) is 3.00. The molecule has 1 heterocycles. The normalized spacial score (nSPS) is 12.9. The smallest absolute Gasteiger partial charge is 0.147 e. The molecular formula is C9H11Cl2IN2. The summed E-state index contributed by atoms with van der Waals surface area (Å²) < 4.78 is 0.937. The molecule has 0 fully saturated rings. The van der Waals surface area contributed by atoms with E-state index >= 15 is 0 Å². The highest BCUT2D eigenvalue weighted by atomic mass is 127. The van der Waals surface area contributed by atoms with Gasteiger partial charge in [-0.3, -0.25) is 0 Å². The molecule has 2 nitrogen and oxygen atoms in total. The number of nitrogens with zero attached hydrogens (tertiary/aromatic N) is 2. The molecule has 14 heavy (non-hydrogen) atoms. The van der Waals surface area contributed by atoms with Crippen LogP contribution in [0.15, 0.2) is 0 Å². The highest BCUT2D eigenvalue weighted by Crippen LogP contribution is 2.24. The fourth-order valence-electron chi connectivity index (χ4n) is 1.06. The molecule has 0 spiro atoms. The van der Waals surface area contributed by atoms with Crippen LogP contribution in [0.25, 0.3) is 0 Å². The number of aryl methyl sites for hydroxylation is 1. The SMILES string of the molecule is CCCc1nc(C(C)Cl)nc(Cl)c1I. The van der Waals surface area contributed by atoms with Crippen LogP contribution >= 0.6 is 45.8 Å². The highest BCUT2D eigenvalue weighted by Gasteiger charge is 2.12. The predicted octanol–water partition coefficient (Wildman–Crippen LogP) is 3.99. The Kier molecular flexibility index (Phi) is 4.87. The summed E-state index contributed by atoms with van der Waals surface area (Å²) in [4.78, 5) is 8.52. The first-order valence-electron chi connectivity index (χ1n) is 4.42. The number of aromatic nitrogens is 2. The fraction of sp³-hybridized carbons (Fsp3) is 0.556. The molecule has 1 unspecified atom stereocenters. The zero-order valence-electron chi connectivity index (χ0n) is 8.02. The summed E-state index contributed by atoms with van der Waals surface area (Å²) in [7, 11) is 0. The Morgan fingerprint density at radius 2 is 2.07 bits per heavy atom. The van der Waals surface area contributed by atoms with Gasteiger partial charge in [0.25, 0.3) is 0 Å². The average molecular weight is 345 g/mol. The monoisotopic (exact) mass is 344 g/mol. The van der Waals surface area contributed by atoms with Crippen molar-refractivity contribution in [1.82, 2.24) is 9.97 Å². The minimum absolute atomic E-state index is 0.194. The van der Waals surface area contributed by atoms with Crippen molar-refractivity contribution >= 4 is 45.8 Å². The van der Waals surface area contributed by atoms with Gasteiger partial charge in [-0.2, -0.15) is 0 Å². The first kappa shape index (κ1) is 12.5. The second kappa shape index (κ2) is 5.47. The highest BCUT2D eigenvalue weighted by molar-refractivity contribution is 14.1. The molecule has 1 atom stereocenters. The predicted molar refractivity (Wildman–Crippen MR) is 68.0 cm³/mol. The van der Waals surface area contributed by atoms with Crippen LogP contribution in [0.5, 0.6) is 0 Å². The van der Waals surface area contributed by atoms with Gasteiger partial charge in [0.2, 0.25) is 0 Å². The Bertz CT molecular complexity index is 329. The lowest BCUT2D eigenvalue weighted by Gasteiger charge is -2.08. The van der Waals surface area contributed by atoms with Crippen LogP contribution in [0.4, 0.5) is 0 Å². The fourth-order valence-corrected chi connectivity index (χ4v) is 1.87. The van der Waals surface area contributed by atoms with Crippen LogP contribution in [0.3, 0.4) is 0 Å². The van der Waals surface area contributed by atoms with Crippen molar-refractivity contribution in [2.24, 2.45) is 0 Å². The number of hydrogen-bond donors (Lipinski definition) is 0. The maximum atomic E-state index is 5.98. The van der Waals surface area contributed by atoms with Gasteiger partial charge < -0.3 is 0 Å². The molecule has 1 rings (SSSR count). The zero-order chi connectivity index (χ0) is 10.7. The maximum Gasteiger partial charge on any atom is 0.147 e. The summed E-state index contributed by atoms with van der Waals surface area (Å²) in [6.07, 6.45) is 1.95. The van der Waals surface area contributed by atoms with Crippen molar-refractivity contribution in [3.8, 4) is 0 Å². The van der Waals surface area contributed by atoms with Gasteiger partial charge >= 0.3 is 0 Å². The van der Waals surface area contributed by atoms with E-state index in [0.717, 1.165) is 22.1 Å². The lowest BCUT2D eigenvalue weighted by atomic mass is 10.2. The van der Waals surface area contributed by atoms with E-state index in [9.17, 15) is 0 Å². The summed E-state index contributed by atoms with van der Waals surface area (Å²) in [6, 6.07) is 0. The Hall–Kier alpha value is 0.390. The number of rotatable bonds is 3. The number of hydrogen-bond acceptors (Lipinski definition) is 2. The summed E-state index contributed by atoms with van der Waals surface area (Å²) in [5.74, 6) is 0.612. The first-order chi connectivity index (χ1) is 6.56. The Morgan fingerprint density at radius 1 is 1.43 bits per heavy atom. The third-order valence-corrected chi connectivity index (χ3v) is 3.66. The summed E-state index contributed by atoms with van der Waals surface area (Å²) in [5.41, 5.74) is 0.996. The van der Waals surface area contributed by atoms with Gasteiger partial charge in [-0.25, -0.2) is 9.97 Å². The minimum Gasteiger partial charge on any atom is -0.235 e. The molecule has 0 aliphatic heterocycles. The van der Waals surface area contributed by atoms with E-state index in [0.29, 0.717) is 11.0 Å². The number of halogens is 3. The van der Waals surface area contributed by atoms with Crippen molar-refractivity contribution < 1.29 is 0 Å². The number of alkyl halides is 1. The van der Waals surface area contributed by atoms with Gasteiger partial charge in [0, 0.05) is 0 Å². The second-order valence-corrected chi connectivity index (χ2v) is 5.09. The Labute approximate surface area is 108 Å². The third kappa shape index (κ3) is 2.94. The van der Waals surface area contributed by atoms with Gasteiger partial charge in [0.05, 0.1) is 14.6 Å². The van der Waals surface area contributed by atoms with Crippen LogP contribution in [0.2, 0.25) is 5.15 Å². The molecule has 78 valence electrons. The van der Waals surface area contributed by atoms with E-state index in [4.69, 9.17) is 23.2 Å². The summed E-state index contributed by atoms with van der Waals surface area (Å²) in [5, 5.41) is 0.312. The van der Waals surface area contributed by atoms with E-state index in [1.807, 2.05) is 6.92 Å². The minimum atomic E-state index is -0.194. The van der Waals surface area contributed by atoms with Gasteiger partial charge in [0.15, 0.2) is 0 Å². The largest absolute Gasteiger partial charge is 0.235 e. The average Bonchev–Trinajstić information content (AvgIpc) is 2.12. The van der Waals surface area contributed by atoms with Crippen molar-refractivity contribution in [2.75, 3.05) is 0 Å². The lowest BCUT2D eigenvalue weighted by molar-refractivity contribution is 0.816. The van der Waals surface area contributed by atoms with Crippen LogP contribution in [-0.4, -0.2) is 9.97 Å². The van der Waals surface area contributed by atoms with E-state index in [1.54, 1.807) is 0 Å². The molecule has 1 aromatic rings. The molecule has 0 bridgehead atoms.